The Labute approximate surface area is 143 Å². The van der Waals surface area contributed by atoms with Crippen LogP contribution in [-0.2, 0) is 14.3 Å². The maximum atomic E-state index is 11.4. The Bertz CT molecular complexity index is 671. The van der Waals surface area contributed by atoms with Gasteiger partial charge in [-0.1, -0.05) is 32.0 Å². The minimum absolute atomic E-state index is 0.0629. The summed E-state index contributed by atoms with van der Waals surface area (Å²) in [7, 11) is 0. The fraction of sp³-hybridized carbons (Fsp3) is 0.650. The first-order valence-corrected chi connectivity index (χ1v) is 8.90. The first-order valence-electron chi connectivity index (χ1n) is 8.90. The maximum Gasteiger partial charge on any atom is 0.302 e. The molecule has 0 aromatic heterocycles. The zero-order valence-corrected chi connectivity index (χ0v) is 14.9. The quantitative estimate of drug-likeness (QED) is 0.775. The van der Waals surface area contributed by atoms with Crippen molar-refractivity contribution in [1.82, 2.24) is 0 Å². The van der Waals surface area contributed by atoms with E-state index >= 15 is 0 Å². The molecule has 4 nitrogen and oxygen atoms in total. The molecule has 0 spiro atoms. The van der Waals surface area contributed by atoms with Crippen LogP contribution in [0.3, 0.4) is 0 Å². The molecule has 0 N–H and O–H groups in total. The van der Waals surface area contributed by atoms with Crippen molar-refractivity contribution < 1.29 is 19.0 Å². The van der Waals surface area contributed by atoms with Gasteiger partial charge in [-0.3, -0.25) is 4.79 Å². The lowest BCUT2D eigenvalue weighted by molar-refractivity contribution is -0.261. The van der Waals surface area contributed by atoms with Crippen LogP contribution >= 0.6 is 0 Å². The van der Waals surface area contributed by atoms with Gasteiger partial charge in [0, 0.05) is 23.8 Å². The van der Waals surface area contributed by atoms with E-state index in [2.05, 4.69) is 26.8 Å². The zero-order valence-electron chi connectivity index (χ0n) is 14.9. The summed E-state index contributed by atoms with van der Waals surface area (Å²) in [5.41, 5.74) is 0.794. The van der Waals surface area contributed by atoms with E-state index in [9.17, 15) is 4.79 Å². The first-order chi connectivity index (χ1) is 11.4. The summed E-state index contributed by atoms with van der Waals surface area (Å²) < 4.78 is 18.4. The van der Waals surface area contributed by atoms with Crippen molar-refractivity contribution in [2.24, 2.45) is 23.2 Å². The topological polar surface area (TPSA) is 44.8 Å². The van der Waals surface area contributed by atoms with Gasteiger partial charge in [0.05, 0.1) is 19.3 Å². The van der Waals surface area contributed by atoms with E-state index in [-0.39, 0.29) is 29.0 Å². The smallest absolute Gasteiger partial charge is 0.302 e. The molecule has 0 amide bonds. The van der Waals surface area contributed by atoms with Gasteiger partial charge in [0.1, 0.15) is 11.4 Å². The van der Waals surface area contributed by atoms with Gasteiger partial charge in [-0.05, 0) is 31.2 Å². The van der Waals surface area contributed by atoms with Crippen LogP contribution in [0.25, 0.3) is 0 Å². The van der Waals surface area contributed by atoms with Gasteiger partial charge in [-0.15, -0.1) is 0 Å². The van der Waals surface area contributed by atoms with Gasteiger partial charge in [0.2, 0.25) is 0 Å². The van der Waals surface area contributed by atoms with Gasteiger partial charge in [-0.2, -0.15) is 0 Å². The second-order valence-electron chi connectivity index (χ2n) is 8.12. The second-order valence-corrected chi connectivity index (χ2v) is 8.12. The Morgan fingerprint density at radius 1 is 1.33 bits per heavy atom. The largest absolute Gasteiger partial charge is 0.487 e. The molecule has 1 aromatic carbocycles. The molecule has 130 valence electrons. The molecule has 4 rings (SSSR count). The van der Waals surface area contributed by atoms with Crippen LogP contribution in [0.4, 0.5) is 0 Å². The lowest BCUT2D eigenvalue weighted by Gasteiger charge is -2.63. The predicted molar refractivity (Wildman–Crippen MR) is 89.7 cm³/mol. The van der Waals surface area contributed by atoms with Crippen LogP contribution in [0.5, 0.6) is 5.75 Å². The van der Waals surface area contributed by atoms with Crippen LogP contribution in [0.1, 0.15) is 45.8 Å². The average Bonchev–Trinajstić information content (AvgIpc) is 2.52. The molecule has 1 saturated carbocycles. The number of para-hydroxylation sites is 1. The second kappa shape index (κ2) is 5.22. The average molecular weight is 330 g/mol. The number of hydrogen-bond acceptors (Lipinski definition) is 4. The summed E-state index contributed by atoms with van der Waals surface area (Å²) in [6.07, 6.45) is 1.02. The molecule has 0 radical (unpaired) electrons. The van der Waals surface area contributed by atoms with Gasteiger partial charge >= 0.3 is 5.97 Å². The monoisotopic (exact) mass is 330 g/mol. The van der Waals surface area contributed by atoms with Gasteiger partial charge in [0.25, 0.3) is 0 Å². The molecular formula is C20H26O4. The molecule has 0 unspecified atom stereocenters. The summed E-state index contributed by atoms with van der Waals surface area (Å²) in [5, 5.41) is 0. The number of esters is 1. The minimum atomic E-state index is -0.238. The van der Waals surface area contributed by atoms with Crippen molar-refractivity contribution in [2.45, 2.75) is 45.8 Å². The molecule has 2 aliphatic heterocycles. The number of fused-ring (bicyclic) bond motifs is 3. The lowest BCUT2D eigenvalue weighted by Crippen LogP contribution is -2.66. The minimum Gasteiger partial charge on any atom is -0.487 e. The van der Waals surface area contributed by atoms with Crippen LogP contribution in [0.2, 0.25) is 0 Å². The third-order valence-electron chi connectivity index (χ3n) is 6.81. The fourth-order valence-electron chi connectivity index (χ4n) is 5.49. The van der Waals surface area contributed by atoms with Crippen molar-refractivity contribution in [3.63, 3.8) is 0 Å². The van der Waals surface area contributed by atoms with Gasteiger partial charge in [-0.25, -0.2) is 0 Å². The molecule has 3 aliphatic rings. The lowest BCUT2D eigenvalue weighted by atomic mass is 9.50. The van der Waals surface area contributed by atoms with E-state index in [1.165, 1.54) is 6.92 Å². The third-order valence-corrected chi connectivity index (χ3v) is 6.81. The van der Waals surface area contributed by atoms with Crippen molar-refractivity contribution >= 4 is 5.97 Å². The Balaban J connectivity index is 1.76. The van der Waals surface area contributed by atoms with Crippen LogP contribution in [0.15, 0.2) is 24.3 Å². The normalized spacial score (nSPS) is 42.7. The standard InChI is InChI=1S/C20H26O4/c1-12-9-19(4)17-13(2)20(12,10-22-14(3)21)11-23-18(17)15-7-5-6-8-16(15)24-19/h5-8,12-13,17-18H,9-11H2,1-4H3/t12-,13+,17-,18-,19+,20+/m1/s1. The molecule has 2 fully saturated rings. The molecule has 2 bridgehead atoms. The molecule has 1 aliphatic carbocycles. The molecule has 24 heavy (non-hydrogen) atoms. The van der Waals surface area contributed by atoms with E-state index in [1.807, 2.05) is 18.2 Å². The summed E-state index contributed by atoms with van der Waals surface area (Å²) in [5.74, 6) is 1.73. The van der Waals surface area contributed by atoms with Gasteiger partial charge in [0.15, 0.2) is 0 Å². The number of benzene rings is 1. The summed E-state index contributed by atoms with van der Waals surface area (Å²) in [4.78, 5) is 11.4. The Kier molecular flexibility index (Phi) is 3.47. The van der Waals surface area contributed by atoms with E-state index in [0.29, 0.717) is 25.0 Å². The molecule has 2 heterocycles. The van der Waals surface area contributed by atoms with Crippen molar-refractivity contribution in [3.05, 3.63) is 29.8 Å². The van der Waals surface area contributed by atoms with Crippen LogP contribution < -0.4 is 4.74 Å². The van der Waals surface area contributed by atoms with Crippen molar-refractivity contribution in [3.8, 4) is 5.75 Å². The van der Waals surface area contributed by atoms with E-state index in [1.54, 1.807) is 0 Å². The predicted octanol–water partition coefficient (Wildman–Crippen LogP) is 3.75. The number of rotatable bonds is 2. The molecule has 6 atom stereocenters. The summed E-state index contributed by atoms with van der Waals surface area (Å²) in [6.45, 7) is 9.30. The van der Waals surface area contributed by atoms with Crippen molar-refractivity contribution in [2.75, 3.05) is 13.2 Å². The maximum absolute atomic E-state index is 11.4. The Morgan fingerprint density at radius 3 is 2.83 bits per heavy atom. The zero-order chi connectivity index (χ0) is 17.1. The third kappa shape index (κ3) is 2.05. The first kappa shape index (κ1) is 15.9. The highest BCUT2D eigenvalue weighted by Gasteiger charge is 2.64. The molecular weight excluding hydrogens is 304 g/mol. The Morgan fingerprint density at radius 2 is 2.08 bits per heavy atom. The summed E-state index contributed by atoms with van der Waals surface area (Å²) in [6, 6.07) is 8.23. The van der Waals surface area contributed by atoms with Crippen molar-refractivity contribution in [1.29, 1.82) is 0 Å². The number of carbonyl (C=O) groups excluding carboxylic acids is 1. The number of carbonyl (C=O) groups is 1. The van der Waals surface area contributed by atoms with E-state index < -0.39 is 0 Å². The van der Waals surface area contributed by atoms with Crippen LogP contribution in [0, 0.1) is 23.2 Å². The highest BCUT2D eigenvalue weighted by molar-refractivity contribution is 5.65. The summed E-state index contributed by atoms with van der Waals surface area (Å²) >= 11 is 0. The fourth-order valence-corrected chi connectivity index (χ4v) is 5.49. The SMILES string of the molecule is CC(=O)OC[C@]12CO[C@@H]3c4ccccc4O[C@@](C)(C[C@H]1C)[C@@H]3[C@@H]2C. The molecule has 1 aromatic rings. The molecule has 4 heteroatoms. The molecule has 1 saturated heterocycles. The van der Waals surface area contributed by atoms with E-state index in [4.69, 9.17) is 14.2 Å². The number of hydrogen-bond donors (Lipinski definition) is 0. The number of ether oxygens (including phenoxy) is 3. The van der Waals surface area contributed by atoms with Gasteiger partial charge < -0.3 is 14.2 Å². The highest BCUT2D eigenvalue weighted by Crippen LogP contribution is 2.63. The van der Waals surface area contributed by atoms with E-state index in [0.717, 1.165) is 17.7 Å². The highest BCUT2D eigenvalue weighted by atomic mass is 16.5. The van der Waals surface area contributed by atoms with Crippen LogP contribution in [-0.4, -0.2) is 24.8 Å². The Hall–Kier alpha value is -1.55.